The van der Waals surface area contributed by atoms with Crippen LogP contribution in [0.4, 0.5) is 24.7 Å². The maximum absolute atomic E-state index is 12.6. The SMILES string of the molecule is CC(O)(C(=O)Nc1ccc(C(=O)n2nccc2N)cc1Cl)C(F)(F)F. The van der Waals surface area contributed by atoms with Crippen LogP contribution >= 0.6 is 11.6 Å². The van der Waals surface area contributed by atoms with E-state index in [2.05, 4.69) is 5.10 Å². The average molecular weight is 377 g/mol. The maximum atomic E-state index is 12.6. The van der Waals surface area contributed by atoms with Gasteiger partial charge in [0.1, 0.15) is 5.82 Å². The molecule has 0 bridgehead atoms. The molecule has 2 rings (SSSR count). The van der Waals surface area contributed by atoms with Crippen molar-refractivity contribution in [3.8, 4) is 0 Å². The van der Waals surface area contributed by atoms with Crippen molar-refractivity contribution >= 4 is 34.9 Å². The minimum Gasteiger partial charge on any atom is -0.383 e. The second kappa shape index (κ2) is 6.37. The number of nitrogen functional groups attached to an aromatic ring is 1. The van der Waals surface area contributed by atoms with E-state index in [-0.39, 0.29) is 22.1 Å². The Hall–Kier alpha value is -2.59. The fourth-order valence-electron chi connectivity index (χ4n) is 1.73. The molecule has 0 saturated carbocycles. The van der Waals surface area contributed by atoms with Gasteiger partial charge in [0.2, 0.25) is 5.60 Å². The van der Waals surface area contributed by atoms with E-state index in [1.54, 1.807) is 0 Å². The van der Waals surface area contributed by atoms with Gasteiger partial charge in [-0.2, -0.15) is 23.0 Å². The molecule has 1 aromatic heterocycles. The third-order valence-corrected chi connectivity index (χ3v) is 3.64. The first-order valence-electron chi connectivity index (χ1n) is 6.69. The number of aliphatic hydroxyl groups is 1. The third kappa shape index (κ3) is 3.59. The molecule has 134 valence electrons. The Labute approximate surface area is 144 Å². The molecule has 11 heteroatoms. The number of nitrogens with two attached hydrogens (primary N) is 1. The van der Waals surface area contributed by atoms with Crippen LogP contribution in [0.5, 0.6) is 0 Å². The molecule has 1 aromatic carbocycles. The molecular formula is C14H12ClF3N4O3. The minimum absolute atomic E-state index is 0.0426. The van der Waals surface area contributed by atoms with E-state index in [1.165, 1.54) is 18.3 Å². The van der Waals surface area contributed by atoms with Crippen molar-refractivity contribution in [3.63, 3.8) is 0 Å². The summed E-state index contributed by atoms with van der Waals surface area (Å²) in [5.41, 5.74) is 1.79. The van der Waals surface area contributed by atoms with Crippen LogP contribution in [-0.2, 0) is 4.79 Å². The molecule has 0 aliphatic carbocycles. The number of nitrogens with one attached hydrogen (secondary N) is 1. The highest BCUT2D eigenvalue weighted by Gasteiger charge is 2.55. The number of rotatable bonds is 3. The third-order valence-electron chi connectivity index (χ3n) is 3.32. The molecule has 1 atom stereocenters. The van der Waals surface area contributed by atoms with E-state index in [4.69, 9.17) is 17.3 Å². The summed E-state index contributed by atoms with van der Waals surface area (Å²) < 4.78 is 38.8. The molecule has 0 radical (unpaired) electrons. The first-order chi connectivity index (χ1) is 11.4. The van der Waals surface area contributed by atoms with Gasteiger partial charge in [0, 0.05) is 11.6 Å². The van der Waals surface area contributed by atoms with Crippen molar-refractivity contribution in [2.45, 2.75) is 18.7 Å². The van der Waals surface area contributed by atoms with Gasteiger partial charge in [-0.3, -0.25) is 9.59 Å². The smallest absolute Gasteiger partial charge is 0.383 e. The molecule has 7 nitrogen and oxygen atoms in total. The summed E-state index contributed by atoms with van der Waals surface area (Å²) >= 11 is 5.89. The topological polar surface area (TPSA) is 110 Å². The van der Waals surface area contributed by atoms with Gasteiger partial charge < -0.3 is 16.2 Å². The second-order valence-electron chi connectivity index (χ2n) is 5.19. The number of halogens is 4. The number of nitrogens with zero attached hydrogens (tertiary/aromatic N) is 2. The Morgan fingerprint density at radius 3 is 2.44 bits per heavy atom. The highest BCUT2D eigenvalue weighted by Crippen LogP contribution is 2.32. The molecular weight excluding hydrogens is 365 g/mol. The van der Waals surface area contributed by atoms with E-state index in [0.717, 1.165) is 16.8 Å². The summed E-state index contributed by atoms with van der Waals surface area (Å²) in [5, 5.41) is 14.7. The summed E-state index contributed by atoms with van der Waals surface area (Å²) in [5.74, 6) is -2.25. The number of hydrogen-bond acceptors (Lipinski definition) is 5. The number of alkyl halides is 3. The number of benzene rings is 1. The molecule has 1 amide bonds. The van der Waals surface area contributed by atoms with Crippen LogP contribution in [0.3, 0.4) is 0 Å². The van der Waals surface area contributed by atoms with Crippen molar-refractivity contribution in [2.75, 3.05) is 11.1 Å². The summed E-state index contributed by atoms with van der Waals surface area (Å²) in [6.45, 7) is 0.314. The number of amides is 1. The number of hydrogen-bond donors (Lipinski definition) is 3. The lowest BCUT2D eigenvalue weighted by Gasteiger charge is -2.25. The van der Waals surface area contributed by atoms with Gasteiger partial charge in [0.05, 0.1) is 16.9 Å². The van der Waals surface area contributed by atoms with Crippen molar-refractivity contribution in [2.24, 2.45) is 0 Å². The van der Waals surface area contributed by atoms with E-state index in [1.807, 2.05) is 5.32 Å². The zero-order valence-electron chi connectivity index (χ0n) is 12.6. The van der Waals surface area contributed by atoms with Gasteiger partial charge >= 0.3 is 6.18 Å². The highest BCUT2D eigenvalue weighted by atomic mass is 35.5. The standard InChI is InChI=1S/C14H12ClF3N4O3/c1-13(25,14(16,17)18)12(24)21-9-3-2-7(6-8(9)15)11(23)22-10(19)4-5-20-22/h2-6,25H,19H2,1H3,(H,21,24). The van der Waals surface area contributed by atoms with Gasteiger partial charge in [-0.15, -0.1) is 0 Å². The molecule has 1 unspecified atom stereocenters. The molecule has 4 N–H and O–H groups in total. The lowest BCUT2D eigenvalue weighted by Crippen LogP contribution is -2.52. The van der Waals surface area contributed by atoms with Crippen LogP contribution in [0, 0.1) is 0 Å². The quantitative estimate of drug-likeness (QED) is 0.759. The number of aromatic nitrogens is 2. The summed E-state index contributed by atoms with van der Waals surface area (Å²) in [6, 6.07) is 4.86. The lowest BCUT2D eigenvalue weighted by molar-refractivity contribution is -0.242. The second-order valence-corrected chi connectivity index (χ2v) is 5.60. The van der Waals surface area contributed by atoms with Crippen molar-refractivity contribution < 1.29 is 27.9 Å². The molecule has 0 spiro atoms. The van der Waals surface area contributed by atoms with E-state index in [0.29, 0.717) is 6.92 Å². The lowest BCUT2D eigenvalue weighted by atomic mass is 10.1. The number of anilines is 2. The van der Waals surface area contributed by atoms with Crippen LogP contribution in [0.2, 0.25) is 5.02 Å². The van der Waals surface area contributed by atoms with Crippen molar-refractivity contribution in [1.82, 2.24) is 9.78 Å². The molecule has 0 fully saturated rings. The largest absolute Gasteiger partial charge is 0.426 e. The van der Waals surface area contributed by atoms with Gasteiger partial charge in [0.25, 0.3) is 11.8 Å². The molecule has 0 aliphatic rings. The Morgan fingerprint density at radius 2 is 1.96 bits per heavy atom. The molecule has 0 saturated heterocycles. The van der Waals surface area contributed by atoms with Crippen LogP contribution < -0.4 is 11.1 Å². The Balaban J connectivity index is 2.25. The molecule has 0 aliphatic heterocycles. The Bertz CT molecular complexity index is 833. The van der Waals surface area contributed by atoms with Gasteiger partial charge in [0.15, 0.2) is 0 Å². The first-order valence-corrected chi connectivity index (χ1v) is 7.07. The highest BCUT2D eigenvalue weighted by molar-refractivity contribution is 6.34. The minimum atomic E-state index is -5.17. The van der Waals surface area contributed by atoms with Gasteiger partial charge in [-0.05, 0) is 25.1 Å². The Kier molecular flexibility index (Phi) is 4.78. The van der Waals surface area contributed by atoms with Crippen LogP contribution in [0.15, 0.2) is 30.5 Å². The Morgan fingerprint density at radius 1 is 1.32 bits per heavy atom. The predicted molar refractivity (Wildman–Crippen MR) is 83.1 cm³/mol. The molecule has 1 heterocycles. The van der Waals surface area contributed by atoms with E-state index >= 15 is 0 Å². The van der Waals surface area contributed by atoms with E-state index in [9.17, 15) is 27.9 Å². The van der Waals surface area contributed by atoms with Gasteiger partial charge in [-0.25, -0.2) is 0 Å². The van der Waals surface area contributed by atoms with Crippen molar-refractivity contribution in [3.05, 3.63) is 41.0 Å². The summed E-state index contributed by atoms with van der Waals surface area (Å²) in [4.78, 5) is 23.8. The van der Waals surface area contributed by atoms with E-state index < -0.39 is 23.6 Å². The van der Waals surface area contributed by atoms with Gasteiger partial charge in [-0.1, -0.05) is 11.6 Å². The zero-order valence-corrected chi connectivity index (χ0v) is 13.4. The van der Waals surface area contributed by atoms with Crippen LogP contribution in [-0.4, -0.2) is 38.5 Å². The zero-order chi connectivity index (χ0) is 19.0. The normalized spacial score (nSPS) is 14.0. The average Bonchev–Trinajstić information content (AvgIpc) is 2.93. The van der Waals surface area contributed by atoms with Crippen LogP contribution in [0.1, 0.15) is 17.3 Å². The van der Waals surface area contributed by atoms with Crippen molar-refractivity contribution in [1.29, 1.82) is 0 Å². The number of carbonyl (C=O) groups excluding carboxylic acids is 2. The predicted octanol–water partition coefficient (Wildman–Crippen LogP) is 2.06. The van der Waals surface area contributed by atoms with Crippen LogP contribution in [0.25, 0.3) is 0 Å². The monoisotopic (exact) mass is 376 g/mol. The molecule has 25 heavy (non-hydrogen) atoms. The summed E-state index contributed by atoms with van der Waals surface area (Å²) in [6.07, 6.45) is -3.86. The fourth-order valence-corrected chi connectivity index (χ4v) is 1.96. The summed E-state index contributed by atoms with van der Waals surface area (Å²) in [7, 11) is 0. The molecule has 2 aromatic rings. The fraction of sp³-hybridized carbons (Fsp3) is 0.214. The first kappa shape index (κ1) is 18.7. The maximum Gasteiger partial charge on any atom is 0.426 e. The number of carbonyl (C=O) groups is 2.